The molecule has 2 heterocycles. The van der Waals surface area contributed by atoms with Gasteiger partial charge in [0, 0.05) is 25.1 Å². The first-order chi connectivity index (χ1) is 12.5. The molecule has 0 radical (unpaired) electrons. The number of carbonyl (C=O) groups excluding carboxylic acids is 1. The summed E-state index contributed by atoms with van der Waals surface area (Å²) in [5.41, 5.74) is 3.31. The van der Waals surface area contributed by atoms with Crippen molar-refractivity contribution in [2.24, 2.45) is 0 Å². The number of rotatable bonds is 6. The highest BCUT2D eigenvalue weighted by atomic mass is 16.5. The number of carbonyl (C=O) groups is 1. The highest BCUT2D eigenvalue weighted by Crippen LogP contribution is 2.18. The Bertz CT molecular complexity index is 742. The standard InChI is InChI=1S/C20H27N3O3/c1-14-15(2)22-23(16(14)3)11-9-20(24)21-18-13-25-12-10-19(18)26-17-7-5-4-6-8-17/h4-8,18-19H,9-13H2,1-3H3,(H,21,24)/t18-,19+/m1/s1. The first-order valence-corrected chi connectivity index (χ1v) is 9.14. The lowest BCUT2D eigenvalue weighted by atomic mass is 10.1. The number of nitrogens with one attached hydrogen (secondary N) is 1. The zero-order chi connectivity index (χ0) is 18.5. The molecule has 1 amide bonds. The molecule has 1 saturated heterocycles. The maximum absolute atomic E-state index is 12.4. The second kappa shape index (κ2) is 8.36. The van der Waals surface area contributed by atoms with E-state index in [0.717, 1.165) is 23.6 Å². The lowest BCUT2D eigenvalue weighted by Crippen LogP contribution is -2.51. The van der Waals surface area contributed by atoms with Gasteiger partial charge in [-0.3, -0.25) is 9.48 Å². The van der Waals surface area contributed by atoms with Crippen molar-refractivity contribution in [3.63, 3.8) is 0 Å². The molecule has 1 fully saturated rings. The fourth-order valence-electron chi connectivity index (χ4n) is 3.16. The number of hydrogen-bond donors (Lipinski definition) is 1. The number of aromatic nitrogens is 2. The molecule has 0 saturated carbocycles. The Balaban J connectivity index is 1.55. The molecular formula is C20H27N3O3. The van der Waals surface area contributed by atoms with Crippen LogP contribution in [0.4, 0.5) is 0 Å². The number of benzene rings is 1. The molecule has 2 aromatic rings. The van der Waals surface area contributed by atoms with E-state index in [1.54, 1.807) is 0 Å². The van der Waals surface area contributed by atoms with Gasteiger partial charge < -0.3 is 14.8 Å². The van der Waals surface area contributed by atoms with Crippen LogP contribution in [-0.2, 0) is 16.1 Å². The zero-order valence-corrected chi connectivity index (χ0v) is 15.7. The maximum atomic E-state index is 12.4. The van der Waals surface area contributed by atoms with E-state index in [0.29, 0.717) is 26.2 Å². The average molecular weight is 357 g/mol. The van der Waals surface area contributed by atoms with E-state index in [1.165, 1.54) is 5.56 Å². The molecule has 1 N–H and O–H groups in total. The lowest BCUT2D eigenvalue weighted by Gasteiger charge is -2.32. The summed E-state index contributed by atoms with van der Waals surface area (Å²) in [4.78, 5) is 12.4. The summed E-state index contributed by atoms with van der Waals surface area (Å²) in [6.45, 7) is 7.77. The monoisotopic (exact) mass is 357 g/mol. The number of para-hydroxylation sites is 1. The van der Waals surface area contributed by atoms with E-state index >= 15 is 0 Å². The molecule has 1 aromatic heterocycles. The minimum atomic E-state index is -0.140. The summed E-state index contributed by atoms with van der Waals surface area (Å²) < 4.78 is 13.5. The van der Waals surface area contributed by atoms with Crippen LogP contribution in [0.5, 0.6) is 5.75 Å². The molecule has 26 heavy (non-hydrogen) atoms. The fraction of sp³-hybridized carbons (Fsp3) is 0.500. The smallest absolute Gasteiger partial charge is 0.222 e. The third kappa shape index (κ3) is 4.43. The van der Waals surface area contributed by atoms with Crippen LogP contribution in [0.2, 0.25) is 0 Å². The number of ether oxygens (including phenoxy) is 2. The van der Waals surface area contributed by atoms with Gasteiger partial charge in [-0.25, -0.2) is 0 Å². The lowest BCUT2D eigenvalue weighted by molar-refractivity contribution is -0.124. The van der Waals surface area contributed by atoms with Crippen LogP contribution < -0.4 is 10.1 Å². The van der Waals surface area contributed by atoms with Crippen LogP contribution in [0.25, 0.3) is 0 Å². The highest BCUT2D eigenvalue weighted by molar-refractivity contribution is 5.76. The Morgan fingerprint density at radius 1 is 1.31 bits per heavy atom. The maximum Gasteiger partial charge on any atom is 0.222 e. The van der Waals surface area contributed by atoms with Crippen LogP contribution in [-0.4, -0.2) is 41.0 Å². The first-order valence-electron chi connectivity index (χ1n) is 9.14. The van der Waals surface area contributed by atoms with Crippen LogP contribution in [0.15, 0.2) is 30.3 Å². The van der Waals surface area contributed by atoms with Crippen molar-refractivity contribution in [1.82, 2.24) is 15.1 Å². The second-order valence-corrected chi connectivity index (χ2v) is 6.78. The van der Waals surface area contributed by atoms with Gasteiger partial charge in [-0.05, 0) is 38.5 Å². The molecule has 0 spiro atoms. The summed E-state index contributed by atoms with van der Waals surface area (Å²) >= 11 is 0. The summed E-state index contributed by atoms with van der Waals surface area (Å²) in [5, 5.41) is 7.56. The molecule has 6 heteroatoms. The van der Waals surface area contributed by atoms with E-state index < -0.39 is 0 Å². The van der Waals surface area contributed by atoms with Gasteiger partial charge in [-0.2, -0.15) is 5.10 Å². The van der Waals surface area contributed by atoms with Crippen molar-refractivity contribution < 1.29 is 14.3 Å². The van der Waals surface area contributed by atoms with Gasteiger partial charge in [0.05, 0.1) is 24.9 Å². The first kappa shape index (κ1) is 18.5. The molecule has 0 unspecified atom stereocenters. The Hall–Kier alpha value is -2.34. The molecule has 6 nitrogen and oxygen atoms in total. The van der Waals surface area contributed by atoms with Crippen molar-refractivity contribution >= 4 is 5.91 Å². The van der Waals surface area contributed by atoms with Crippen molar-refractivity contribution in [2.75, 3.05) is 13.2 Å². The van der Waals surface area contributed by atoms with Crippen LogP contribution in [0.3, 0.4) is 0 Å². The van der Waals surface area contributed by atoms with Crippen LogP contribution in [0.1, 0.15) is 29.8 Å². The molecule has 140 valence electrons. The summed E-state index contributed by atoms with van der Waals surface area (Å²) in [7, 11) is 0. The van der Waals surface area contributed by atoms with Gasteiger partial charge in [0.2, 0.25) is 5.91 Å². The second-order valence-electron chi connectivity index (χ2n) is 6.78. The number of nitrogens with zero attached hydrogens (tertiary/aromatic N) is 2. The van der Waals surface area contributed by atoms with Crippen molar-refractivity contribution in [2.45, 2.75) is 52.3 Å². The molecule has 0 aliphatic carbocycles. The molecule has 1 aliphatic heterocycles. The molecular weight excluding hydrogens is 330 g/mol. The summed E-state index contributed by atoms with van der Waals surface area (Å²) in [6.07, 6.45) is 1.07. The predicted octanol–water partition coefficient (Wildman–Crippen LogP) is 2.55. The third-order valence-electron chi connectivity index (χ3n) is 4.96. The van der Waals surface area contributed by atoms with E-state index in [9.17, 15) is 4.79 Å². The Kier molecular flexibility index (Phi) is 5.93. The largest absolute Gasteiger partial charge is 0.488 e. The number of amides is 1. The fourth-order valence-corrected chi connectivity index (χ4v) is 3.16. The van der Waals surface area contributed by atoms with Gasteiger partial charge in [0.1, 0.15) is 11.9 Å². The minimum absolute atomic E-state index is 0.00707. The third-order valence-corrected chi connectivity index (χ3v) is 4.96. The number of aryl methyl sites for hydroxylation is 2. The number of hydrogen-bond acceptors (Lipinski definition) is 4. The van der Waals surface area contributed by atoms with Gasteiger partial charge >= 0.3 is 0 Å². The Morgan fingerprint density at radius 2 is 2.08 bits per heavy atom. The normalized spacial score (nSPS) is 20.0. The van der Waals surface area contributed by atoms with E-state index in [-0.39, 0.29) is 18.1 Å². The van der Waals surface area contributed by atoms with Crippen molar-refractivity contribution in [1.29, 1.82) is 0 Å². The average Bonchev–Trinajstić information content (AvgIpc) is 2.89. The minimum Gasteiger partial charge on any atom is -0.488 e. The van der Waals surface area contributed by atoms with Crippen molar-refractivity contribution in [3.8, 4) is 5.75 Å². The summed E-state index contributed by atoms with van der Waals surface area (Å²) in [6, 6.07) is 9.56. The SMILES string of the molecule is Cc1nn(CCC(=O)N[C@@H]2COCC[C@@H]2Oc2ccccc2)c(C)c1C. The van der Waals surface area contributed by atoms with Crippen molar-refractivity contribution in [3.05, 3.63) is 47.3 Å². The highest BCUT2D eigenvalue weighted by Gasteiger charge is 2.29. The quantitative estimate of drug-likeness (QED) is 0.863. The van der Waals surface area contributed by atoms with Gasteiger partial charge in [-0.1, -0.05) is 18.2 Å². The van der Waals surface area contributed by atoms with Crippen LogP contribution in [0, 0.1) is 20.8 Å². The van der Waals surface area contributed by atoms with Crippen LogP contribution >= 0.6 is 0 Å². The van der Waals surface area contributed by atoms with E-state index in [4.69, 9.17) is 9.47 Å². The molecule has 1 aliphatic rings. The summed E-state index contributed by atoms with van der Waals surface area (Å²) in [5.74, 6) is 0.809. The van der Waals surface area contributed by atoms with E-state index in [2.05, 4.69) is 17.3 Å². The zero-order valence-electron chi connectivity index (χ0n) is 15.7. The predicted molar refractivity (Wildman–Crippen MR) is 99.3 cm³/mol. The topological polar surface area (TPSA) is 65.4 Å². The van der Waals surface area contributed by atoms with E-state index in [1.807, 2.05) is 48.9 Å². The Labute approximate surface area is 154 Å². The molecule has 3 rings (SSSR count). The van der Waals surface area contributed by atoms with Gasteiger partial charge in [0.15, 0.2) is 0 Å². The van der Waals surface area contributed by atoms with Gasteiger partial charge in [-0.15, -0.1) is 0 Å². The molecule has 2 atom stereocenters. The molecule has 1 aromatic carbocycles. The molecule has 0 bridgehead atoms. The Morgan fingerprint density at radius 3 is 2.77 bits per heavy atom. The van der Waals surface area contributed by atoms with Gasteiger partial charge in [0.25, 0.3) is 0 Å².